The van der Waals surface area contributed by atoms with Crippen LogP contribution in [0.3, 0.4) is 0 Å². The molecule has 0 aliphatic heterocycles. The van der Waals surface area contributed by atoms with E-state index in [9.17, 15) is 13.2 Å². The molecule has 0 aliphatic carbocycles. The Hall–Kier alpha value is -2.09. The van der Waals surface area contributed by atoms with Crippen molar-refractivity contribution in [2.24, 2.45) is 0 Å². The number of aromatic nitrogens is 2. The summed E-state index contributed by atoms with van der Waals surface area (Å²) in [7, 11) is -3.73. The zero-order chi connectivity index (χ0) is 16.6. The summed E-state index contributed by atoms with van der Waals surface area (Å²) < 4.78 is 27.6. The standard InChI is InChI=1S/C15H14ClN3O3S/c1-9(10-3-2-4-11(16)7-10)19-23(21,22)12-5-6-13-14(8-12)18-15(20)17-13/h2-9,19H,1H3,(H2,17,18,20)/t9-/m0/s1. The van der Waals surface area contributed by atoms with Gasteiger partial charge in [0.1, 0.15) is 0 Å². The van der Waals surface area contributed by atoms with Crippen molar-refractivity contribution in [2.75, 3.05) is 0 Å². The molecule has 3 aromatic rings. The third-order valence-corrected chi connectivity index (χ3v) is 5.25. The number of rotatable bonds is 4. The molecule has 0 saturated carbocycles. The quantitative estimate of drug-likeness (QED) is 0.674. The van der Waals surface area contributed by atoms with Gasteiger partial charge >= 0.3 is 5.69 Å². The Bertz CT molecular complexity index is 1020. The summed E-state index contributed by atoms with van der Waals surface area (Å²) in [6.45, 7) is 1.74. The molecule has 8 heteroatoms. The van der Waals surface area contributed by atoms with Crippen molar-refractivity contribution in [1.29, 1.82) is 0 Å². The summed E-state index contributed by atoms with van der Waals surface area (Å²) in [5.41, 5.74) is 1.37. The van der Waals surface area contributed by atoms with Crippen LogP contribution in [0.15, 0.2) is 52.2 Å². The summed E-state index contributed by atoms with van der Waals surface area (Å²) in [4.78, 5) is 16.4. The summed E-state index contributed by atoms with van der Waals surface area (Å²) in [5.74, 6) is 0. The lowest BCUT2D eigenvalue weighted by Crippen LogP contribution is -2.26. The van der Waals surface area contributed by atoms with Crippen LogP contribution in [0.4, 0.5) is 0 Å². The fourth-order valence-corrected chi connectivity index (χ4v) is 3.78. The topological polar surface area (TPSA) is 94.8 Å². The average Bonchev–Trinajstić information content (AvgIpc) is 2.85. The van der Waals surface area contributed by atoms with E-state index in [1.54, 1.807) is 37.3 Å². The molecule has 23 heavy (non-hydrogen) atoms. The van der Waals surface area contributed by atoms with Crippen LogP contribution in [0.2, 0.25) is 5.02 Å². The minimum absolute atomic E-state index is 0.0779. The van der Waals surface area contributed by atoms with Crippen LogP contribution < -0.4 is 10.4 Å². The van der Waals surface area contributed by atoms with Crippen LogP contribution in [0.25, 0.3) is 11.0 Å². The van der Waals surface area contributed by atoms with E-state index in [0.717, 1.165) is 5.56 Å². The van der Waals surface area contributed by atoms with Gasteiger partial charge in [-0.25, -0.2) is 17.9 Å². The fraction of sp³-hybridized carbons (Fsp3) is 0.133. The van der Waals surface area contributed by atoms with Gasteiger partial charge in [-0.3, -0.25) is 0 Å². The number of imidazole rings is 1. The van der Waals surface area contributed by atoms with Crippen LogP contribution in [-0.4, -0.2) is 18.4 Å². The van der Waals surface area contributed by atoms with E-state index in [2.05, 4.69) is 14.7 Å². The van der Waals surface area contributed by atoms with Gasteiger partial charge in [-0.15, -0.1) is 0 Å². The van der Waals surface area contributed by atoms with Crippen LogP contribution in [0.5, 0.6) is 0 Å². The maximum absolute atomic E-state index is 12.5. The normalized spacial score (nSPS) is 13.3. The van der Waals surface area contributed by atoms with Gasteiger partial charge in [-0.1, -0.05) is 23.7 Å². The molecular weight excluding hydrogens is 338 g/mol. The maximum atomic E-state index is 12.5. The molecule has 0 saturated heterocycles. The Morgan fingerprint density at radius 3 is 2.57 bits per heavy atom. The Morgan fingerprint density at radius 1 is 1.09 bits per heavy atom. The average molecular weight is 352 g/mol. The molecule has 0 fully saturated rings. The minimum Gasteiger partial charge on any atom is -0.306 e. The number of sulfonamides is 1. The van der Waals surface area contributed by atoms with Gasteiger partial charge in [-0.05, 0) is 42.8 Å². The number of H-pyrrole nitrogens is 2. The monoisotopic (exact) mass is 351 g/mol. The maximum Gasteiger partial charge on any atom is 0.323 e. The predicted octanol–water partition coefficient (Wildman–Crippen LogP) is 2.55. The second-order valence-corrected chi connectivity index (χ2v) is 7.33. The van der Waals surface area contributed by atoms with Gasteiger partial charge in [0.05, 0.1) is 15.9 Å². The lowest BCUT2D eigenvalue weighted by atomic mass is 10.1. The van der Waals surface area contributed by atoms with Gasteiger partial charge in [0.25, 0.3) is 0 Å². The number of fused-ring (bicyclic) bond motifs is 1. The predicted molar refractivity (Wildman–Crippen MR) is 89.1 cm³/mol. The molecule has 3 N–H and O–H groups in total. The van der Waals surface area contributed by atoms with Gasteiger partial charge in [0, 0.05) is 11.1 Å². The first kappa shape index (κ1) is 15.8. The minimum atomic E-state index is -3.73. The van der Waals surface area contributed by atoms with Crippen molar-refractivity contribution >= 4 is 32.7 Å². The van der Waals surface area contributed by atoms with E-state index in [-0.39, 0.29) is 10.6 Å². The highest BCUT2D eigenvalue weighted by Gasteiger charge is 2.19. The highest BCUT2D eigenvalue weighted by molar-refractivity contribution is 7.89. The van der Waals surface area contributed by atoms with Crippen molar-refractivity contribution in [3.63, 3.8) is 0 Å². The van der Waals surface area contributed by atoms with Crippen molar-refractivity contribution < 1.29 is 8.42 Å². The lowest BCUT2D eigenvalue weighted by Gasteiger charge is -2.15. The van der Waals surface area contributed by atoms with Gasteiger partial charge in [-0.2, -0.15) is 0 Å². The smallest absolute Gasteiger partial charge is 0.306 e. The largest absolute Gasteiger partial charge is 0.323 e. The second kappa shape index (κ2) is 5.84. The Morgan fingerprint density at radius 2 is 1.83 bits per heavy atom. The molecule has 1 atom stereocenters. The Kier molecular flexibility index (Phi) is 4.01. The zero-order valence-corrected chi connectivity index (χ0v) is 13.7. The van der Waals surface area contributed by atoms with Gasteiger partial charge < -0.3 is 9.97 Å². The molecule has 1 aromatic heterocycles. The van der Waals surface area contributed by atoms with E-state index in [1.807, 2.05) is 0 Å². The first-order valence-corrected chi connectivity index (χ1v) is 8.71. The highest BCUT2D eigenvalue weighted by Crippen LogP contribution is 2.21. The van der Waals surface area contributed by atoms with Crippen LogP contribution in [0, 0.1) is 0 Å². The summed E-state index contributed by atoms with van der Waals surface area (Å²) in [6, 6.07) is 11.0. The van der Waals surface area contributed by atoms with E-state index in [4.69, 9.17) is 11.6 Å². The van der Waals surface area contributed by atoms with Crippen LogP contribution >= 0.6 is 11.6 Å². The number of aromatic amines is 2. The molecule has 0 spiro atoms. The second-order valence-electron chi connectivity index (χ2n) is 5.18. The molecular formula is C15H14ClN3O3S. The first-order chi connectivity index (χ1) is 10.8. The van der Waals surface area contributed by atoms with Crippen LogP contribution in [0.1, 0.15) is 18.5 Å². The number of benzene rings is 2. The number of nitrogens with one attached hydrogen (secondary N) is 3. The molecule has 0 unspecified atom stereocenters. The van der Waals surface area contributed by atoms with E-state index < -0.39 is 16.1 Å². The van der Waals surface area contributed by atoms with E-state index >= 15 is 0 Å². The van der Waals surface area contributed by atoms with Crippen molar-refractivity contribution in [1.82, 2.24) is 14.7 Å². The molecule has 120 valence electrons. The van der Waals surface area contributed by atoms with Crippen LogP contribution in [-0.2, 0) is 10.0 Å². The van der Waals surface area contributed by atoms with E-state index in [1.165, 1.54) is 12.1 Å². The molecule has 3 rings (SSSR count). The Labute approximate surface area is 137 Å². The molecule has 0 bridgehead atoms. The third kappa shape index (κ3) is 3.31. The van der Waals surface area contributed by atoms with Crippen molar-refractivity contribution in [3.8, 4) is 0 Å². The number of halogens is 1. The van der Waals surface area contributed by atoms with Gasteiger partial charge in [0.15, 0.2) is 0 Å². The van der Waals surface area contributed by atoms with E-state index in [0.29, 0.717) is 16.1 Å². The van der Waals surface area contributed by atoms with Gasteiger partial charge in [0.2, 0.25) is 10.0 Å². The SMILES string of the molecule is C[C@H](NS(=O)(=O)c1ccc2[nH]c(=O)[nH]c2c1)c1cccc(Cl)c1. The summed E-state index contributed by atoms with van der Waals surface area (Å²) in [5, 5.41) is 0.542. The molecule has 0 radical (unpaired) electrons. The summed E-state index contributed by atoms with van der Waals surface area (Å²) in [6.07, 6.45) is 0. The lowest BCUT2D eigenvalue weighted by molar-refractivity contribution is 0.567. The molecule has 0 aliphatic rings. The highest BCUT2D eigenvalue weighted by atomic mass is 35.5. The van der Waals surface area contributed by atoms with Crippen molar-refractivity contribution in [3.05, 3.63) is 63.5 Å². The third-order valence-electron chi connectivity index (χ3n) is 3.48. The molecule has 6 nitrogen and oxygen atoms in total. The fourth-order valence-electron chi connectivity index (χ4n) is 2.32. The summed E-state index contributed by atoms with van der Waals surface area (Å²) >= 11 is 5.93. The molecule has 0 amide bonds. The molecule has 2 aromatic carbocycles. The molecule has 1 heterocycles. The Balaban J connectivity index is 1.91. The first-order valence-electron chi connectivity index (χ1n) is 6.85. The number of hydrogen-bond acceptors (Lipinski definition) is 3. The van der Waals surface area contributed by atoms with Crippen molar-refractivity contribution in [2.45, 2.75) is 17.9 Å². The zero-order valence-electron chi connectivity index (χ0n) is 12.1. The number of hydrogen-bond donors (Lipinski definition) is 3.